The van der Waals surface area contributed by atoms with Crippen LogP contribution < -0.4 is 0 Å². The van der Waals surface area contributed by atoms with Gasteiger partial charge in [0.15, 0.2) is 0 Å². The fourth-order valence-corrected chi connectivity index (χ4v) is 3.98. The van der Waals surface area contributed by atoms with Crippen molar-refractivity contribution in [3.8, 4) is 0 Å². The van der Waals surface area contributed by atoms with Gasteiger partial charge >= 0.3 is 24.3 Å². The highest BCUT2D eigenvalue weighted by Gasteiger charge is 2.43. The highest BCUT2D eigenvalue weighted by atomic mass is 19.4. The minimum Gasteiger partial charge on any atom is -0.475 e. The first kappa shape index (κ1) is 32.0. The average molecular weight is 571 g/mol. The number of carbonyl (C=O) groups is 2. The fourth-order valence-electron chi connectivity index (χ4n) is 3.98. The molecule has 39 heavy (non-hydrogen) atoms. The molecule has 0 radical (unpaired) electrons. The molecule has 1 saturated carbocycles. The molecular weight excluding hydrogens is 544 g/mol. The average Bonchev–Trinajstić information content (AvgIpc) is 3.33. The molecule has 1 aliphatic carbocycles. The Morgan fingerprint density at radius 1 is 1.05 bits per heavy atom. The number of carboxylic acids is 2. The molecule has 218 valence electrons. The SMILES string of the molecule is Cc1noc(C)c1CN1CCOC2CCC1C2OCc1ccncc1.O=C(O)C(F)(F)F.O=C(O)C(F)(F)F. The first-order valence-electron chi connectivity index (χ1n) is 11.5. The largest absolute Gasteiger partial charge is 0.490 e. The minimum atomic E-state index is -5.08. The number of hydrogen-bond donors (Lipinski definition) is 2. The van der Waals surface area contributed by atoms with Gasteiger partial charge in [0, 0.05) is 37.1 Å². The molecule has 3 atom stereocenters. The fraction of sp³-hybridized carbons (Fsp3) is 0.565. The maximum Gasteiger partial charge on any atom is 0.490 e. The molecule has 0 amide bonds. The maximum atomic E-state index is 10.6. The van der Waals surface area contributed by atoms with Crippen molar-refractivity contribution < 1.29 is 60.1 Å². The van der Waals surface area contributed by atoms with E-state index < -0.39 is 24.3 Å². The Hall–Kier alpha value is -3.24. The summed E-state index contributed by atoms with van der Waals surface area (Å²) < 4.78 is 81.2. The Labute approximate surface area is 218 Å². The number of hydrogen-bond acceptors (Lipinski definition) is 8. The van der Waals surface area contributed by atoms with Crippen LogP contribution in [0, 0.1) is 13.8 Å². The van der Waals surface area contributed by atoms with Gasteiger partial charge in [-0.3, -0.25) is 9.88 Å². The topological polar surface area (TPSA) is 135 Å². The molecule has 2 aromatic heterocycles. The Morgan fingerprint density at radius 2 is 1.62 bits per heavy atom. The summed E-state index contributed by atoms with van der Waals surface area (Å²) in [4.78, 5) is 24.3. The van der Waals surface area contributed by atoms with Gasteiger partial charge < -0.3 is 24.2 Å². The van der Waals surface area contributed by atoms with E-state index in [0.717, 1.165) is 49.6 Å². The van der Waals surface area contributed by atoms with Crippen molar-refractivity contribution in [2.45, 2.75) is 70.4 Å². The number of pyridine rings is 1. The second-order valence-corrected chi connectivity index (χ2v) is 8.56. The number of halogens is 6. The van der Waals surface area contributed by atoms with E-state index in [-0.39, 0.29) is 12.2 Å². The van der Waals surface area contributed by atoms with E-state index in [4.69, 9.17) is 33.8 Å². The molecule has 0 spiro atoms. The number of alkyl halides is 6. The monoisotopic (exact) mass is 571 g/mol. The van der Waals surface area contributed by atoms with Crippen molar-refractivity contribution >= 4 is 11.9 Å². The van der Waals surface area contributed by atoms with E-state index in [1.807, 2.05) is 26.0 Å². The lowest BCUT2D eigenvalue weighted by molar-refractivity contribution is -0.193. The number of carboxylic acid groups (broad SMARTS) is 2. The first-order chi connectivity index (χ1) is 18.1. The molecule has 4 rings (SSSR count). The van der Waals surface area contributed by atoms with Crippen LogP contribution in [0.25, 0.3) is 0 Å². The zero-order valence-corrected chi connectivity index (χ0v) is 20.8. The summed E-state index contributed by atoms with van der Waals surface area (Å²) in [6.07, 6.45) is -4.09. The van der Waals surface area contributed by atoms with Crippen molar-refractivity contribution in [1.82, 2.24) is 15.0 Å². The van der Waals surface area contributed by atoms with Crippen molar-refractivity contribution in [1.29, 1.82) is 0 Å². The van der Waals surface area contributed by atoms with Gasteiger partial charge in [0.05, 0.1) is 31.1 Å². The number of nitrogens with zero attached hydrogens (tertiary/aromatic N) is 3. The maximum absolute atomic E-state index is 10.6. The third-order valence-electron chi connectivity index (χ3n) is 5.89. The van der Waals surface area contributed by atoms with Gasteiger partial charge in [-0.15, -0.1) is 0 Å². The molecule has 1 saturated heterocycles. The molecule has 1 aliphatic heterocycles. The van der Waals surface area contributed by atoms with E-state index in [9.17, 15) is 26.3 Å². The molecule has 0 aromatic carbocycles. The standard InChI is InChI=1S/C19H25N3O3.2C2HF3O2/c1-13-16(14(2)25-21-13)11-22-9-10-23-18-4-3-17(22)19(18)24-12-15-5-7-20-8-6-15;2*3-2(4,5)1(6)7/h5-8,17-19H,3-4,9-12H2,1-2H3;2*(H,6,7). The number of aromatic nitrogens is 2. The molecule has 10 nitrogen and oxygen atoms in total. The van der Waals surface area contributed by atoms with E-state index in [0.29, 0.717) is 12.6 Å². The highest BCUT2D eigenvalue weighted by Crippen LogP contribution is 2.34. The second kappa shape index (κ2) is 13.7. The van der Waals surface area contributed by atoms with Crippen LogP contribution in [0.1, 0.15) is 35.4 Å². The molecule has 2 N–H and O–H groups in total. The van der Waals surface area contributed by atoms with E-state index in [1.54, 1.807) is 12.4 Å². The summed E-state index contributed by atoms with van der Waals surface area (Å²) in [6, 6.07) is 4.38. The molecular formula is C23H27F6N3O7. The number of aryl methyl sites for hydroxylation is 2. The summed E-state index contributed by atoms with van der Waals surface area (Å²) in [5.74, 6) is -4.61. The van der Waals surface area contributed by atoms with Gasteiger partial charge in [-0.25, -0.2) is 9.59 Å². The van der Waals surface area contributed by atoms with Gasteiger partial charge in [-0.1, -0.05) is 5.16 Å². The Kier molecular flexibility index (Phi) is 11.2. The van der Waals surface area contributed by atoms with Crippen molar-refractivity contribution in [3.05, 3.63) is 47.1 Å². The predicted octanol–water partition coefficient (Wildman–Crippen LogP) is 3.90. The molecule has 2 aromatic rings. The van der Waals surface area contributed by atoms with Crippen LogP contribution >= 0.6 is 0 Å². The zero-order chi connectivity index (χ0) is 29.4. The molecule has 2 aliphatic rings. The van der Waals surface area contributed by atoms with Crippen molar-refractivity contribution in [2.75, 3.05) is 13.2 Å². The lowest BCUT2D eigenvalue weighted by Crippen LogP contribution is -2.42. The third-order valence-corrected chi connectivity index (χ3v) is 5.89. The molecule has 2 bridgehead atoms. The van der Waals surface area contributed by atoms with E-state index in [2.05, 4.69) is 15.0 Å². The van der Waals surface area contributed by atoms with Crippen molar-refractivity contribution in [3.63, 3.8) is 0 Å². The zero-order valence-electron chi connectivity index (χ0n) is 20.8. The lowest BCUT2D eigenvalue weighted by Gasteiger charge is -2.31. The van der Waals surface area contributed by atoms with Crippen LogP contribution in [0.5, 0.6) is 0 Å². The molecule has 3 unspecified atom stereocenters. The summed E-state index contributed by atoms with van der Waals surface area (Å²) >= 11 is 0. The minimum absolute atomic E-state index is 0.108. The Balaban J connectivity index is 0.000000317. The molecule has 2 fully saturated rings. The second-order valence-electron chi connectivity index (χ2n) is 8.56. The van der Waals surface area contributed by atoms with E-state index >= 15 is 0 Å². The van der Waals surface area contributed by atoms with Crippen LogP contribution in [0.4, 0.5) is 26.3 Å². The van der Waals surface area contributed by atoms with Gasteiger partial charge in [0.1, 0.15) is 5.76 Å². The van der Waals surface area contributed by atoms with E-state index in [1.165, 1.54) is 5.56 Å². The number of aliphatic carboxylic acids is 2. The quantitative estimate of drug-likeness (QED) is 0.509. The smallest absolute Gasteiger partial charge is 0.475 e. The lowest BCUT2D eigenvalue weighted by atomic mass is 10.1. The van der Waals surface area contributed by atoms with Crippen LogP contribution in [-0.2, 0) is 32.2 Å². The van der Waals surface area contributed by atoms with Crippen LogP contribution in [-0.4, -0.2) is 80.9 Å². The Morgan fingerprint density at radius 3 is 2.10 bits per heavy atom. The van der Waals surface area contributed by atoms with Crippen LogP contribution in [0.2, 0.25) is 0 Å². The summed E-state index contributed by atoms with van der Waals surface area (Å²) in [5.41, 5.74) is 3.32. The normalized spacial score (nSPS) is 21.2. The van der Waals surface area contributed by atoms with Gasteiger partial charge in [-0.2, -0.15) is 26.3 Å². The number of fused-ring (bicyclic) bond motifs is 2. The van der Waals surface area contributed by atoms with Gasteiger partial charge in [-0.05, 0) is 44.4 Å². The summed E-state index contributed by atoms with van der Waals surface area (Å²) in [7, 11) is 0. The molecule has 16 heteroatoms. The molecule has 3 heterocycles. The summed E-state index contributed by atoms with van der Waals surface area (Å²) in [6.45, 7) is 7.10. The van der Waals surface area contributed by atoms with Crippen LogP contribution in [0.15, 0.2) is 29.0 Å². The number of rotatable bonds is 5. The van der Waals surface area contributed by atoms with Gasteiger partial charge in [0.2, 0.25) is 0 Å². The van der Waals surface area contributed by atoms with Gasteiger partial charge in [0.25, 0.3) is 0 Å². The number of ether oxygens (including phenoxy) is 2. The van der Waals surface area contributed by atoms with Crippen molar-refractivity contribution in [2.24, 2.45) is 0 Å². The third kappa shape index (κ3) is 9.78. The summed E-state index contributed by atoms with van der Waals surface area (Å²) in [5, 5.41) is 18.3. The van der Waals surface area contributed by atoms with Crippen LogP contribution in [0.3, 0.4) is 0 Å². The first-order valence-corrected chi connectivity index (χ1v) is 11.5. The predicted molar refractivity (Wildman–Crippen MR) is 119 cm³/mol. The Bertz CT molecular complexity index is 1030. The highest BCUT2D eigenvalue weighted by molar-refractivity contribution is 5.73.